The van der Waals surface area contributed by atoms with Gasteiger partial charge in [-0.1, -0.05) is 26.0 Å². The number of ether oxygens (including phenoxy) is 1. The van der Waals surface area contributed by atoms with Crippen LogP contribution < -0.4 is 0 Å². The van der Waals surface area contributed by atoms with E-state index in [4.69, 9.17) is 4.74 Å². The molecule has 0 bridgehead atoms. The number of allylic oxidation sites excluding steroid dienone is 1. The van der Waals surface area contributed by atoms with E-state index in [1.54, 1.807) is 19.9 Å². The van der Waals surface area contributed by atoms with E-state index < -0.39 is 17.2 Å². The van der Waals surface area contributed by atoms with Crippen molar-refractivity contribution in [1.82, 2.24) is 0 Å². The molecule has 1 heterocycles. The number of carbonyl (C=O) groups is 2. The maximum Gasteiger partial charge on any atom is 0.234 e. The number of benzene rings is 1. The molecule has 0 aromatic heterocycles. The van der Waals surface area contributed by atoms with Gasteiger partial charge in [-0.05, 0) is 30.9 Å². The van der Waals surface area contributed by atoms with Crippen LogP contribution in [0.4, 0.5) is 0 Å². The Bertz CT molecular complexity index is 712. The number of carbonyl (C=O) groups excluding carboxylic acids is 2. The molecule has 0 amide bonds. The fraction of sp³-hybridized carbons (Fsp3) is 0.412. The molecule has 0 saturated carbocycles. The van der Waals surface area contributed by atoms with Gasteiger partial charge in [0.15, 0.2) is 0 Å². The second-order valence-corrected chi connectivity index (χ2v) is 6.16. The van der Waals surface area contributed by atoms with Crippen molar-refractivity contribution in [2.45, 2.75) is 33.3 Å². The topological polar surface area (TPSA) is 63.6 Å². The zero-order chi connectivity index (χ0) is 15.5. The van der Waals surface area contributed by atoms with Gasteiger partial charge in [0.2, 0.25) is 11.6 Å². The number of ketones is 2. The van der Waals surface area contributed by atoms with E-state index in [-0.39, 0.29) is 12.5 Å². The minimum absolute atomic E-state index is 0.0705. The first-order chi connectivity index (χ1) is 9.79. The monoisotopic (exact) mass is 286 g/mol. The Kier molecular flexibility index (Phi) is 2.85. The van der Waals surface area contributed by atoms with Crippen molar-refractivity contribution in [2.24, 2.45) is 5.92 Å². The third-order valence-corrected chi connectivity index (χ3v) is 4.61. The summed E-state index contributed by atoms with van der Waals surface area (Å²) in [5.74, 6) is -0.660. The van der Waals surface area contributed by atoms with E-state index in [0.717, 1.165) is 5.56 Å². The summed E-state index contributed by atoms with van der Waals surface area (Å²) in [4.78, 5) is 24.4. The van der Waals surface area contributed by atoms with Crippen LogP contribution in [0, 0.1) is 12.8 Å². The molecule has 1 aromatic carbocycles. The average molecular weight is 286 g/mol. The van der Waals surface area contributed by atoms with E-state index in [2.05, 4.69) is 0 Å². The van der Waals surface area contributed by atoms with E-state index in [0.29, 0.717) is 28.0 Å². The molecule has 1 aromatic rings. The summed E-state index contributed by atoms with van der Waals surface area (Å²) < 4.78 is 5.71. The molecule has 1 atom stereocenters. The Morgan fingerprint density at radius 1 is 1.14 bits per heavy atom. The standard InChI is InChI=1S/C17H18O4/c1-8(2)17(20)7-21-16-10(4)14(18)15(19)12-9(3)5-6-11(17)13(12)16/h5-6,8,20H,7H2,1-4H3. The number of rotatable bonds is 1. The van der Waals surface area contributed by atoms with Crippen molar-refractivity contribution in [1.29, 1.82) is 0 Å². The molecule has 4 nitrogen and oxygen atoms in total. The molecule has 0 spiro atoms. The first-order valence-electron chi connectivity index (χ1n) is 7.08. The maximum atomic E-state index is 12.3. The van der Waals surface area contributed by atoms with Crippen LogP contribution in [-0.2, 0) is 15.1 Å². The first-order valence-corrected chi connectivity index (χ1v) is 7.08. The molecule has 1 unspecified atom stereocenters. The van der Waals surface area contributed by atoms with Gasteiger partial charge in [0.05, 0.1) is 0 Å². The van der Waals surface area contributed by atoms with Crippen LogP contribution in [0.2, 0.25) is 0 Å². The molecule has 3 rings (SSSR count). The number of Topliss-reactive ketones (excluding diaryl/α,β-unsaturated/α-hetero) is 2. The van der Waals surface area contributed by atoms with Gasteiger partial charge in [-0.15, -0.1) is 0 Å². The Morgan fingerprint density at radius 3 is 2.43 bits per heavy atom. The lowest BCUT2D eigenvalue weighted by molar-refractivity contribution is -0.112. The lowest BCUT2D eigenvalue weighted by Crippen LogP contribution is -2.43. The third-order valence-electron chi connectivity index (χ3n) is 4.61. The highest BCUT2D eigenvalue weighted by atomic mass is 16.5. The van der Waals surface area contributed by atoms with E-state index in [1.807, 2.05) is 19.9 Å². The van der Waals surface area contributed by atoms with Crippen molar-refractivity contribution in [3.8, 4) is 0 Å². The Morgan fingerprint density at radius 2 is 1.81 bits per heavy atom. The van der Waals surface area contributed by atoms with Gasteiger partial charge < -0.3 is 9.84 Å². The summed E-state index contributed by atoms with van der Waals surface area (Å²) in [7, 11) is 0. The van der Waals surface area contributed by atoms with Gasteiger partial charge in [-0.3, -0.25) is 9.59 Å². The number of aryl methyl sites for hydroxylation is 1. The van der Waals surface area contributed by atoms with Crippen LogP contribution in [0.25, 0.3) is 5.76 Å². The van der Waals surface area contributed by atoms with Crippen LogP contribution >= 0.6 is 0 Å². The second-order valence-electron chi connectivity index (χ2n) is 6.16. The average Bonchev–Trinajstić information content (AvgIpc) is 2.44. The van der Waals surface area contributed by atoms with Crippen LogP contribution in [0.3, 0.4) is 0 Å². The van der Waals surface area contributed by atoms with E-state index >= 15 is 0 Å². The summed E-state index contributed by atoms with van der Waals surface area (Å²) >= 11 is 0. The summed E-state index contributed by atoms with van der Waals surface area (Å²) in [6.45, 7) is 7.31. The zero-order valence-electron chi connectivity index (χ0n) is 12.6. The molecule has 1 aliphatic heterocycles. The van der Waals surface area contributed by atoms with Crippen LogP contribution in [0.1, 0.15) is 47.8 Å². The van der Waals surface area contributed by atoms with Crippen molar-refractivity contribution < 1.29 is 19.4 Å². The van der Waals surface area contributed by atoms with Crippen LogP contribution in [-0.4, -0.2) is 23.3 Å². The fourth-order valence-electron chi connectivity index (χ4n) is 3.09. The number of aliphatic hydroxyl groups is 1. The van der Waals surface area contributed by atoms with Gasteiger partial charge in [0, 0.05) is 16.7 Å². The van der Waals surface area contributed by atoms with Crippen molar-refractivity contribution in [3.05, 3.63) is 40.0 Å². The van der Waals surface area contributed by atoms with E-state index in [1.165, 1.54) is 0 Å². The van der Waals surface area contributed by atoms with Crippen molar-refractivity contribution in [3.63, 3.8) is 0 Å². The van der Waals surface area contributed by atoms with Crippen molar-refractivity contribution in [2.75, 3.05) is 6.61 Å². The van der Waals surface area contributed by atoms with Crippen LogP contribution in [0.15, 0.2) is 17.7 Å². The quantitative estimate of drug-likeness (QED) is 0.805. The Hall–Kier alpha value is -1.94. The van der Waals surface area contributed by atoms with E-state index in [9.17, 15) is 14.7 Å². The smallest absolute Gasteiger partial charge is 0.234 e. The van der Waals surface area contributed by atoms with Gasteiger partial charge in [0.1, 0.15) is 18.0 Å². The van der Waals surface area contributed by atoms with Gasteiger partial charge in [-0.25, -0.2) is 0 Å². The molecule has 4 heteroatoms. The van der Waals surface area contributed by atoms with Gasteiger partial charge >= 0.3 is 0 Å². The Balaban J connectivity index is 2.42. The predicted molar refractivity (Wildman–Crippen MR) is 77.8 cm³/mol. The highest BCUT2D eigenvalue weighted by Crippen LogP contribution is 2.45. The fourth-order valence-corrected chi connectivity index (χ4v) is 3.09. The highest BCUT2D eigenvalue weighted by Gasteiger charge is 2.46. The molecular formula is C17H18O4. The lowest BCUT2D eigenvalue weighted by Gasteiger charge is -2.41. The molecule has 110 valence electrons. The number of hydrogen-bond donors (Lipinski definition) is 1. The second kappa shape index (κ2) is 4.28. The maximum absolute atomic E-state index is 12.3. The van der Waals surface area contributed by atoms with Gasteiger partial charge in [0.25, 0.3) is 0 Å². The molecule has 0 radical (unpaired) electrons. The summed E-state index contributed by atoms with van der Waals surface area (Å²) in [6, 6.07) is 3.63. The molecule has 0 fully saturated rings. The molecule has 1 aliphatic carbocycles. The summed E-state index contributed by atoms with van der Waals surface area (Å²) in [5.41, 5.74) is 1.55. The lowest BCUT2D eigenvalue weighted by atomic mass is 9.74. The normalized spacial score (nSPS) is 24.3. The zero-order valence-corrected chi connectivity index (χ0v) is 12.6. The minimum Gasteiger partial charge on any atom is -0.489 e. The molecular weight excluding hydrogens is 268 g/mol. The molecule has 0 saturated heterocycles. The predicted octanol–water partition coefficient (Wildman–Crippen LogP) is 2.37. The summed E-state index contributed by atoms with van der Waals surface area (Å²) in [5, 5.41) is 10.9. The molecule has 2 aliphatic rings. The molecule has 21 heavy (non-hydrogen) atoms. The molecule has 1 N–H and O–H groups in total. The first kappa shape index (κ1) is 14.0. The third kappa shape index (κ3) is 1.65. The largest absolute Gasteiger partial charge is 0.489 e. The minimum atomic E-state index is -1.15. The Labute approximate surface area is 123 Å². The highest BCUT2D eigenvalue weighted by molar-refractivity contribution is 6.52. The SMILES string of the molecule is CC1=C2OCC(O)(C(C)C)c3ccc(C)c(c32)C(=O)C1=O. The summed E-state index contributed by atoms with van der Waals surface area (Å²) in [6.07, 6.45) is 0. The van der Waals surface area contributed by atoms with Crippen molar-refractivity contribution >= 4 is 17.3 Å². The van der Waals surface area contributed by atoms with Crippen LogP contribution in [0.5, 0.6) is 0 Å². The van der Waals surface area contributed by atoms with Gasteiger partial charge in [-0.2, -0.15) is 0 Å². The number of hydrogen-bond acceptors (Lipinski definition) is 4.